The summed E-state index contributed by atoms with van der Waals surface area (Å²) < 4.78 is 10.4. The molecule has 9 nitrogen and oxygen atoms in total. The van der Waals surface area contributed by atoms with E-state index in [9.17, 15) is 19.6 Å². The van der Waals surface area contributed by atoms with Crippen LogP contribution in [-0.2, 0) is 14.3 Å². The number of esters is 1. The third kappa shape index (κ3) is 6.22. The van der Waals surface area contributed by atoms with E-state index in [4.69, 9.17) is 9.15 Å². The summed E-state index contributed by atoms with van der Waals surface area (Å²) in [4.78, 5) is 38.3. The number of carbonyl (C=O) groups excluding carboxylic acids is 3. The highest BCUT2D eigenvalue weighted by Gasteiger charge is 2.36. The molecule has 2 heterocycles. The average molecular weight is 543 g/mol. The van der Waals surface area contributed by atoms with E-state index in [1.807, 2.05) is 25.1 Å². The van der Waals surface area contributed by atoms with Crippen LogP contribution in [0.2, 0.25) is 0 Å². The van der Waals surface area contributed by atoms with E-state index >= 15 is 0 Å². The number of nitrogens with one attached hydrogen (secondary N) is 3. The number of carbonyl (C=O) groups is 3. The van der Waals surface area contributed by atoms with E-state index in [1.54, 1.807) is 49.4 Å². The smallest absolute Gasteiger partial charge is 0.339 e. The number of nitrogens with zero attached hydrogens (tertiary/aromatic N) is 1. The van der Waals surface area contributed by atoms with Crippen molar-refractivity contribution in [3.05, 3.63) is 106 Å². The van der Waals surface area contributed by atoms with Crippen LogP contribution in [0.25, 0.3) is 0 Å². The summed E-state index contributed by atoms with van der Waals surface area (Å²) in [7, 11) is 1.27. The number of thioether (sulfide) groups is 1. The van der Waals surface area contributed by atoms with Gasteiger partial charge in [-0.3, -0.25) is 9.59 Å². The number of hydrogen-bond donors (Lipinski definition) is 3. The van der Waals surface area contributed by atoms with Crippen LogP contribution in [-0.4, -0.2) is 30.6 Å². The molecule has 2 amide bonds. The summed E-state index contributed by atoms with van der Waals surface area (Å²) >= 11 is 1.11. The first-order valence-electron chi connectivity index (χ1n) is 12.0. The molecule has 3 N–H and O–H groups in total. The maximum atomic E-state index is 13.5. The van der Waals surface area contributed by atoms with Gasteiger partial charge in [-0.2, -0.15) is 5.26 Å². The summed E-state index contributed by atoms with van der Waals surface area (Å²) in [6.07, 6.45) is 1.48. The van der Waals surface area contributed by atoms with E-state index in [0.717, 1.165) is 17.3 Å². The number of nitriles is 1. The highest BCUT2D eigenvalue weighted by atomic mass is 32.2. The van der Waals surface area contributed by atoms with Gasteiger partial charge < -0.3 is 25.1 Å². The van der Waals surface area contributed by atoms with E-state index in [1.165, 1.54) is 13.4 Å². The zero-order valence-corrected chi connectivity index (χ0v) is 22.3. The number of benzene rings is 2. The maximum Gasteiger partial charge on any atom is 0.339 e. The minimum Gasteiger partial charge on any atom is -0.468 e. The van der Waals surface area contributed by atoms with E-state index < -0.39 is 11.9 Å². The molecule has 0 unspecified atom stereocenters. The van der Waals surface area contributed by atoms with Crippen molar-refractivity contribution in [2.45, 2.75) is 19.8 Å². The lowest BCUT2D eigenvalue weighted by atomic mass is 9.85. The zero-order chi connectivity index (χ0) is 27.9. The Balaban J connectivity index is 1.57. The van der Waals surface area contributed by atoms with Gasteiger partial charge in [-0.25, -0.2) is 4.79 Å². The Morgan fingerprint density at radius 2 is 1.87 bits per heavy atom. The number of ether oxygens (including phenoxy) is 1. The van der Waals surface area contributed by atoms with Gasteiger partial charge in [0.25, 0.3) is 5.91 Å². The molecule has 0 bridgehead atoms. The van der Waals surface area contributed by atoms with Crippen LogP contribution >= 0.6 is 11.8 Å². The fraction of sp³-hybridized carbons (Fsp3) is 0.172. The van der Waals surface area contributed by atoms with Gasteiger partial charge in [-0.15, -0.1) is 0 Å². The number of amides is 2. The number of furan rings is 1. The summed E-state index contributed by atoms with van der Waals surface area (Å²) in [6.45, 7) is 3.67. The van der Waals surface area contributed by atoms with E-state index in [2.05, 4.69) is 22.0 Å². The van der Waals surface area contributed by atoms with Gasteiger partial charge in [0.15, 0.2) is 0 Å². The molecule has 198 valence electrons. The zero-order valence-electron chi connectivity index (χ0n) is 21.5. The van der Waals surface area contributed by atoms with Crippen LogP contribution in [0.5, 0.6) is 0 Å². The molecule has 0 fully saturated rings. The Kier molecular flexibility index (Phi) is 8.53. The van der Waals surface area contributed by atoms with Crippen molar-refractivity contribution in [3.63, 3.8) is 0 Å². The SMILES string of the molecule is COC(=O)c1ccccc1NC(=O)CSC1=C(C#N)[C@@H](c2ccco2)C(C(=O)Nc2cccc(C)c2)=C(C)N1. The van der Waals surface area contributed by atoms with Crippen molar-refractivity contribution in [1.82, 2.24) is 5.32 Å². The molecule has 1 atom stereocenters. The van der Waals surface area contributed by atoms with Crippen molar-refractivity contribution in [1.29, 1.82) is 5.26 Å². The minimum absolute atomic E-state index is 0.0635. The van der Waals surface area contributed by atoms with Gasteiger partial charge in [0.1, 0.15) is 5.76 Å². The van der Waals surface area contributed by atoms with Crippen molar-refractivity contribution >= 4 is 40.9 Å². The lowest BCUT2D eigenvalue weighted by Gasteiger charge is -2.28. The first-order chi connectivity index (χ1) is 18.8. The lowest BCUT2D eigenvalue weighted by molar-refractivity contribution is -0.114. The van der Waals surface area contributed by atoms with Gasteiger partial charge in [0, 0.05) is 11.4 Å². The predicted octanol–water partition coefficient (Wildman–Crippen LogP) is 5.08. The normalized spacial score (nSPS) is 14.8. The number of methoxy groups -OCH3 is 1. The second-order valence-corrected chi connectivity index (χ2v) is 9.65. The van der Waals surface area contributed by atoms with Gasteiger partial charge >= 0.3 is 5.97 Å². The van der Waals surface area contributed by atoms with Gasteiger partial charge in [-0.05, 0) is 55.8 Å². The summed E-state index contributed by atoms with van der Waals surface area (Å²) in [5, 5.41) is 19.4. The average Bonchev–Trinajstić information content (AvgIpc) is 3.46. The Hall–Kier alpha value is -4.75. The Labute approximate surface area is 229 Å². The first kappa shape index (κ1) is 27.3. The Bertz CT molecular complexity index is 1520. The van der Waals surface area contributed by atoms with Gasteiger partial charge in [0.05, 0.1) is 58.5 Å². The highest BCUT2D eigenvalue weighted by molar-refractivity contribution is 8.03. The van der Waals surface area contributed by atoms with Crippen molar-refractivity contribution < 1.29 is 23.5 Å². The van der Waals surface area contributed by atoms with Crippen LogP contribution < -0.4 is 16.0 Å². The standard InChI is InChI=1S/C29H26N4O5S/c1-17-8-6-9-19(14-17)32-27(35)25-18(2)31-28(21(15-30)26(25)23-12-7-13-38-23)39-16-24(34)33-22-11-5-4-10-20(22)29(36)37-3/h4-14,26,31H,16H2,1-3H3,(H,32,35)(H,33,34)/t26-/m0/s1. The molecule has 1 aliphatic rings. The third-order valence-corrected chi connectivity index (χ3v) is 6.97. The molecule has 39 heavy (non-hydrogen) atoms. The topological polar surface area (TPSA) is 133 Å². The number of para-hydroxylation sites is 1. The number of anilines is 2. The van der Waals surface area contributed by atoms with Crippen molar-refractivity contribution in [2.75, 3.05) is 23.5 Å². The summed E-state index contributed by atoms with van der Waals surface area (Å²) in [5.41, 5.74) is 3.28. The highest BCUT2D eigenvalue weighted by Crippen LogP contribution is 2.41. The van der Waals surface area contributed by atoms with Crippen LogP contribution in [0.3, 0.4) is 0 Å². The molecular formula is C29H26N4O5S. The van der Waals surface area contributed by atoms with E-state index in [0.29, 0.717) is 33.4 Å². The third-order valence-electron chi connectivity index (χ3n) is 5.95. The monoisotopic (exact) mass is 542 g/mol. The van der Waals surface area contributed by atoms with Crippen LogP contribution in [0.1, 0.15) is 34.5 Å². The minimum atomic E-state index is -0.776. The number of rotatable bonds is 8. The van der Waals surface area contributed by atoms with Gasteiger partial charge in [-0.1, -0.05) is 36.0 Å². The Morgan fingerprint density at radius 1 is 1.08 bits per heavy atom. The molecule has 1 aromatic heterocycles. The molecule has 0 radical (unpaired) electrons. The number of allylic oxidation sites excluding steroid dienone is 2. The summed E-state index contributed by atoms with van der Waals surface area (Å²) in [5.74, 6) is -1.74. The number of aryl methyl sites for hydroxylation is 1. The number of dihydropyridines is 1. The molecule has 4 rings (SSSR count). The molecule has 10 heteroatoms. The molecule has 0 aliphatic carbocycles. The molecular weight excluding hydrogens is 516 g/mol. The fourth-order valence-corrected chi connectivity index (χ4v) is 5.08. The van der Waals surface area contributed by atoms with Crippen molar-refractivity contribution in [2.24, 2.45) is 0 Å². The molecule has 3 aromatic rings. The predicted molar refractivity (Wildman–Crippen MR) is 149 cm³/mol. The van der Waals surface area contributed by atoms with Crippen molar-refractivity contribution in [3.8, 4) is 6.07 Å². The second kappa shape index (κ2) is 12.2. The first-order valence-corrected chi connectivity index (χ1v) is 12.9. The van der Waals surface area contributed by atoms with Crippen LogP contribution in [0, 0.1) is 18.3 Å². The molecule has 0 saturated carbocycles. The fourth-order valence-electron chi connectivity index (χ4n) is 4.19. The van der Waals surface area contributed by atoms with Crippen LogP contribution in [0.15, 0.2) is 93.2 Å². The quantitative estimate of drug-likeness (QED) is 0.336. The van der Waals surface area contributed by atoms with Gasteiger partial charge in [0.2, 0.25) is 5.91 Å². The lowest BCUT2D eigenvalue weighted by Crippen LogP contribution is -2.31. The van der Waals surface area contributed by atoms with E-state index in [-0.39, 0.29) is 28.7 Å². The molecule has 0 spiro atoms. The number of hydrogen-bond acceptors (Lipinski definition) is 8. The summed E-state index contributed by atoms with van der Waals surface area (Å²) in [6, 6.07) is 19.5. The maximum absolute atomic E-state index is 13.5. The molecule has 0 saturated heterocycles. The second-order valence-electron chi connectivity index (χ2n) is 8.66. The Morgan fingerprint density at radius 3 is 2.56 bits per heavy atom. The van der Waals surface area contributed by atoms with Crippen LogP contribution in [0.4, 0.5) is 11.4 Å². The largest absolute Gasteiger partial charge is 0.468 e. The molecule has 1 aliphatic heterocycles. The molecule has 2 aromatic carbocycles.